The van der Waals surface area contributed by atoms with Crippen LogP contribution in [0.1, 0.15) is 46.1 Å². The van der Waals surface area contributed by atoms with E-state index in [0.717, 1.165) is 37.7 Å². The quantitative estimate of drug-likeness (QED) is 0.343. The van der Waals surface area contributed by atoms with Crippen LogP contribution in [0.15, 0.2) is 29.3 Å². The molecule has 28 heavy (non-hydrogen) atoms. The summed E-state index contributed by atoms with van der Waals surface area (Å²) in [4.78, 5) is 4.72. The lowest BCUT2D eigenvalue weighted by Gasteiger charge is -2.24. The van der Waals surface area contributed by atoms with E-state index < -0.39 is 0 Å². The average Bonchev–Trinajstić information content (AvgIpc) is 3.12. The van der Waals surface area contributed by atoms with Gasteiger partial charge in [-0.15, -0.1) is 0 Å². The standard InChI is InChI=1S/C22H37N3O3/c1-5-23-20(25-16-22(9-12-26)10-13-27-17-22)24-11-14-28-19-8-6-7-18(15-19)21(2,3)4/h6-8,15,26H,5,9-14,16-17H2,1-4H3,(H2,23,24,25). The second-order valence-electron chi connectivity index (χ2n) is 8.52. The number of aliphatic hydroxyl groups is 1. The third kappa shape index (κ3) is 6.99. The van der Waals surface area contributed by atoms with Gasteiger partial charge in [0.2, 0.25) is 0 Å². The zero-order chi connectivity index (χ0) is 20.5. The molecule has 1 aliphatic heterocycles. The zero-order valence-corrected chi connectivity index (χ0v) is 17.9. The molecule has 2 rings (SSSR count). The highest BCUT2D eigenvalue weighted by Crippen LogP contribution is 2.32. The Balaban J connectivity index is 1.84. The second kappa shape index (κ2) is 10.7. The molecule has 1 saturated heterocycles. The summed E-state index contributed by atoms with van der Waals surface area (Å²) >= 11 is 0. The monoisotopic (exact) mass is 391 g/mol. The van der Waals surface area contributed by atoms with Gasteiger partial charge < -0.3 is 25.2 Å². The van der Waals surface area contributed by atoms with Gasteiger partial charge in [-0.2, -0.15) is 0 Å². The first-order valence-electron chi connectivity index (χ1n) is 10.3. The zero-order valence-electron chi connectivity index (χ0n) is 17.9. The van der Waals surface area contributed by atoms with Gasteiger partial charge in [-0.25, -0.2) is 0 Å². The van der Waals surface area contributed by atoms with Crippen molar-refractivity contribution >= 4 is 5.96 Å². The number of nitrogens with zero attached hydrogens (tertiary/aromatic N) is 1. The molecule has 6 heteroatoms. The third-order valence-corrected chi connectivity index (χ3v) is 5.11. The van der Waals surface area contributed by atoms with E-state index >= 15 is 0 Å². The van der Waals surface area contributed by atoms with Gasteiger partial charge in [0.25, 0.3) is 0 Å². The Labute approximate surface area is 169 Å². The fourth-order valence-corrected chi connectivity index (χ4v) is 3.27. The van der Waals surface area contributed by atoms with E-state index in [1.165, 1.54) is 5.56 Å². The number of ether oxygens (including phenoxy) is 2. The van der Waals surface area contributed by atoms with Crippen molar-refractivity contribution in [2.45, 2.75) is 46.0 Å². The molecule has 1 unspecified atom stereocenters. The molecule has 158 valence electrons. The lowest BCUT2D eigenvalue weighted by molar-refractivity contribution is 0.131. The number of guanidine groups is 1. The number of nitrogens with one attached hydrogen (secondary N) is 2. The van der Waals surface area contributed by atoms with Crippen LogP contribution in [-0.2, 0) is 10.2 Å². The van der Waals surface area contributed by atoms with Crippen LogP contribution in [-0.4, -0.2) is 57.1 Å². The maximum absolute atomic E-state index is 9.36. The Bertz CT molecular complexity index is 620. The van der Waals surface area contributed by atoms with Crippen molar-refractivity contribution in [3.63, 3.8) is 0 Å². The van der Waals surface area contributed by atoms with Crippen molar-refractivity contribution in [1.82, 2.24) is 10.6 Å². The van der Waals surface area contributed by atoms with Gasteiger partial charge in [-0.1, -0.05) is 32.9 Å². The van der Waals surface area contributed by atoms with Crippen molar-refractivity contribution in [2.75, 3.05) is 46.1 Å². The van der Waals surface area contributed by atoms with E-state index in [4.69, 9.17) is 14.5 Å². The number of benzene rings is 1. The summed E-state index contributed by atoms with van der Waals surface area (Å²) in [7, 11) is 0. The maximum atomic E-state index is 9.36. The molecule has 1 aromatic rings. The van der Waals surface area contributed by atoms with Crippen LogP contribution in [0.3, 0.4) is 0 Å². The summed E-state index contributed by atoms with van der Waals surface area (Å²) in [5.74, 6) is 1.67. The van der Waals surface area contributed by atoms with Gasteiger partial charge in [0.1, 0.15) is 12.4 Å². The first kappa shape index (κ1) is 22.5. The molecule has 0 saturated carbocycles. The molecule has 0 aromatic heterocycles. The van der Waals surface area contributed by atoms with Crippen molar-refractivity contribution < 1.29 is 14.6 Å². The number of aliphatic hydroxyl groups excluding tert-OH is 1. The largest absolute Gasteiger partial charge is 0.492 e. The Morgan fingerprint density at radius 2 is 2.14 bits per heavy atom. The van der Waals surface area contributed by atoms with Gasteiger partial charge in [-0.3, -0.25) is 4.99 Å². The highest BCUT2D eigenvalue weighted by molar-refractivity contribution is 5.79. The summed E-state index contributed by atoms with van der Waals surface area (Å²) in [5.41, 5.74) is 1.33. The van der Waals surface area contributed by atoms with Gasteiger partial charge >= 0.3 is 0 Å². The maximum Gasteiger partial charge on any atom is 0.191 e. The van der Waals surface area contributed by atoms with Gasteiger partial charge in [0.05, 0.1) is 19.7 Å². The first-order valence-corrected chi connectivity index (χ1v) is 10.3. The predicted octanol–water partition coefficient (Wildman–Crippen LogP) is 2.71. The minimum Gasteiger partial charge on any atom is -0.492 e. The highest BCUT2D eigenvalue weighted by atomic mass is 16.5. The molecule has 1 fully saturated rings. The van der Waals surface area contributed by atoms with Crippen LogP contribution >= 0.6 is 0 Å². The van der Waals surface area contributed by atoms with Crippen LogP contribution in [0.2, 0.25) is 0 Å². The number of rotatable bonds is 9. The Morgan fingerprint density at radius 1 is 1.32 bits per heavy atom. The smallest absolute Gasteiger partial charge is 0.191 e. The fraction of sp³-hybridized carbons (Fsp3) is 0.682. The van der Waals surface area contributed by atoms with E-state index in [1.807, 2.05) is 19.1 Å². The molecule has 1 aromatic carbocycles. The van der Waals surface area contributed by atoms with Crippen LogP contribution < -0.4 is 15.4 Å². The molecular weight excluding hydrogens is 354 g/mol. The van der Waals surface area contributed by atoms with Crippen molar-refractivity contribution in [3.05, 3.63) is 29.8 Å². The molecule has 6 nitrogen and oxygen atoms in total. The van der Waals surface area contributed by atoms with Crippen LogP contribution in [0, 0.1) is 5.41 Å². The number of hydrogen-bond acceptors (Lipinski definition) is 4. The van der Waals surface area contributed by atoms with Gasteiger partial charge in [0, 0.05) is 25.2 Å². The molecule has 0 amide bonds. The van der Waals surface area contributed by atoms with Crippen molar-refractivity contribution in [3.8, 4) is 5.75 Å². The third-order valence-electron chi connectivity index (χ3n) is 5.11. The van der Waals surface area contributed by atoms with Crippen LogP contribution in [0.4, 0.5) is 0 Å². The summed E-state index contributed by atoms with van der Waals surface area (Å²) in [6.07, 6.45) is 1.67. The normalized spacial score (nSPS) is 20.2. The molecular formula is C22H37N3O3. The van der Waals surface area contributed by atoms with E-state index in [-0.39, 0.29) is 17.4 Å². The molecule has 0 radical (unpaired) electrons. The molecule has 3 N–H and O–H groups in total. The molecule has 1 heterocycles. The van der Waals surface area contributed by atoms with Crippen molar-refractivity contribution in [1.29, 1.82) is 0 Å². The summed E-state index contributed by atoms with van der Waals surface area (Å²) in [6.45, 7) is 12.9. The Morgan fingerprint density at radius 3 is 2.79 bits per heavy atom. The van der Waals surface area contributed by atoms with E-state index in [9.17, 15) is 5.11 Å². The van der Waals surface area contributed by atoms with Crippen LogP contribution in [0.25, 0.3) is 0 Å². The topological polar surface area (TPSA) is 75.1 Å². The molecule has 1 aliphatic rings. The lowest BCUT2D eigenvalue weighted by atomic mass is 9.84. The number of hydrogen-bond donors (Lipinski definition) is 3. The van der Waals surface area contributed by atoms with E-state index in [1.54, 1.807) is 0 Å². The summed E-state index contributed by atoms with van der Waals surface area (Å²) in [5, 5.41) is 16.0. The summed E-state index contributed by atoms with van der Waals surface area (Å²) in [6, 6.07) is 8.28. The van der Waals surface area contributed by atoms with E-state index in [2.05, 4.69) is 43.5 Å². The van der Waals surface area contributed by atoms with E-state index in [0.29, 0.717) is 26.3 Å². The van der Waals surface area contributed by atoms with Crippen LogP contribution in [0.5, 0.6) is 5.75 Å². The van der Waals surface area contributed by atoms with Gasteiger partial charge in [0.15, 0.2) is 5.96 Å². The lowest BCUT2D eigenvalue weighted by Crippen LogP contribution is -2.40. The Hall–Kier alpha value is -1.79. The minimum absolute atomic E-state index is 0.0407. The molecule has 0 spiro atoms. The first-order chi connectivity index (χ1) is 13.4. The minimum atomic E-state index is -0.0407. The number of aliphatic imine (C=N–C) groups is 1. The highest BCUT2D eigenvalue weighted by Gasteiger charge is 2.34. The van der Waals surface area contributed by atoms with Gasteiger partial charge in [-0.05, 0) is 42.9 Å². The Kier molecular flexibility index (Phi) is 8.58. The average molecular weight is 392 g/mol. The fourth-order valence-electron chi connectivity index (χ4n) is 3.27. The SMILES string of the molecule is CCNC(=NCC1(CCO)CCOC1)NCCOc1cccc(C(C)(C)C)c1. The molecule has 0 bridgehead atoms. The molecule has 0 aliphatic carbocycles. The predicted molar refractivity (Wildman–Crippen MR) is 114 cm³/mol. The van der Waals surface area contributed by atoms with Crippen molar-refractivity contribution in [2.24, 2.45) is 10.4 Å². The molecule has 1 atom stereocenters. The summed E-state index contributed by atoms with van der Waals surface area (Å²) < 4.78 is 11.5. The second-order valence-corrected chi connectivity index (χ2v) is 8.52.